The Kier molecular flexibility index (Phi) is 5.58. The molecule has 3 rings (SSSR count). The van der Waals surface area contributed by atoms with Gasteiger partial charge in [0.05, 0.1) is 4.90 Å². The Morgan fingerprint density at radius 1 is 1.07 bits per heavy atom. The molecule has 7 heteroatoms. The van der Waals surface area contributed by atoms with Gasteiger partial charge in [0.2, 0.25) is 15.9 Å². The lowest BCUT2D eigenvalue weighted by Crippen LogP contribution is -2.40. The Bertz CT molecular complexity index is 1100. The molecule has 148 valence electrons. The van der Waals surface area contributed by atoms with Crippen molar-refractivity contribution < 1.29 is 13.2 Å². The minimum Gasteiger partial charge on any atom is -0.361 e. The summed E-state index contributed by atoms with van der Waals surface area (Å²) < 4.78 is 27.5. The monoisotopic (exact) mass is 399 g/mol. The molecule has 3 N–H and O–H groups in total. The first kappa shape index (κ1) is 20.1. The molecule has 3 aromatic rings. The molecule has 2 aromatic carbocycles. The SMILES string of the molecule is CC(C)(C)NS(=O)(=O)c1cccc(NC(=O)CCc2c[nH]c3ccccc23)c1. The number of benzene rings is 2. The molecule has 1 heterocycles. The third-order valence-electron chi connectivity index (χ3n) is 4.16. The average Bonchev–Trinajstić information content (AvgIpc) is 3.01. The molecule has 0 bridgehead atoms. The van der Waals surface area contributed by atoms with Crippen molar-refractivity contribution in [1.82, 2.24) is 9.71 Å². The van der Waals surface area contributed by atoms with Gasteiger partial charge in [-0.25, -0.2) is 13.1 Å². The number of hydrogen-bond donors (Lipinski definition) is 3. The first-order valence-corrected chi connectivity index (χ1v) is 10.6. The van der Waals surface area contributed by atoms with Crippen LogP contribution in [0.25, 0.3) is 10.9 Å². The molecule has 0 unspecified atom stereocenters. The summed E-state index contributed by atoms with van der Waals surface area (Å²) in [5, 5.41) is 3.89. The molecule has 1 amide bonds. The predicted octanol–water partition coefficient (Wildman–Crippen LogP) is 3.82. The van der Waals surface area contributed by atoms with Crippen LogP contribution >= 0.6 is 0 Å². The lowest BCUT2D eigenvalue weighted by atomic mass is 10.1. The Morgan fingerprint density at radius 3 is 2.57 bits per heavy atom. The number of aryl methyl sites for hydroxylation is 1. The minimum atomic E-state index is -3.65. The molecule has 0 aliphatic heterocycles. The van der Waals surface area contributed by atoms with Gasteiger partial charge in [0, 0.05) is 34.7 Å². The van der Waals surface area contributed by atoms with Crippen LogP contribution in [0.3, 0.4) is 0 Å². The smallest absolute Gasteiger partial charge is 0.241 e. The highest BCUT2D eigenvalue weighted by atomic mass is 32.2. The molecule has 0 radical (unpaired) electrons. The quantitative estimate of drug-likeness (QED) is 0.588. The fraction of sp³-hybridized carbons (Fsp3) is 0.286. The van der Waals surface area contributed by atoms with Crippen molar-refractivity contribution in [2.75, 3.05) is 5.32 Å². The second-order valence-corrected chi connectivity index (χ2v) is 9.47. The second kappa shape index (κ2) is 7.77. The van der Waals surface area contributed by atoms with E-state index in [4.69, 9.17) is 0 Å². The number of hydrogen-bond acceptors (Lipinski definition) is 3. The van der Waals surface area contributed by atoms with Gasteiger partial charge in [-0.3, -0.25) is 4.79 Å². The van der Waals surface area contributed by atoms with E-state index in [1.807, 2.05) is 30.5 Å². The largest absolute Gasteiger partial charge is 0.361 e. The third kappa shape index (κ3) is 4.99. The van der Waals surface area contributed by atoms with E-state index in [1.165, 1.54) is 12.1 Å². The standard InChI is InChI=1S/C21H25N3O3S/c1-21(2,3)24-28(26,27)17-8-6-7-16(13-17)23-20(25)12-11-15-14-22-19-10-5-4-9-18(15)19/h4-10,13-14,22,24H,11-12H2,1-3H3,(H,23,25). The van der Waals surface area contributed by atoms with Crippen LogP contribution in [0, 0.1) is 0 Å². The number of fused-ring (bicyclic) bond motifs is 1. The summed E-state index contributed by atoms with van der Waals surface area (Å²) in [6.45, 7) is 5.34. The highest BCUT2D eigenvalue weighted by molar-refractivity contribution is 7.89. The number of aromatic nitrogens is 1. The number of amides is 1. The molecular weight excluding hydrogens is 374 g/mol. The van der Waals surface area contributed by atoms with E-state index in [0.717, 1.165) is 16.5 Å². The summed E-state index contributed by atoms with van der Waals surface area (Å²) in [5.41, 5.74) is 2.00. The van der Waals surface area contributed by atoms with Gasteiger partial charge < -0.3 is 10.3 Å². The van der Waals surface area contributed by atoms with Crippen molar-refractivity contribution in [3.8, 4) is 0 Å². The Labute approximate surface area is 165 Å². The molecule has 28 heavy (non-hydrogen) atoms. The van der Waals surface area contributed by atoms with Crippen LogP contribution in [0.2, 0.25) is 0 Å². The minimum absolute atomic E-state index is 0.122. The molecule has 0 saturated carbocycles. The van der Waals surface area contributed by atoms with Gasteiger partial charge in [0.25, 0.3) is 0 Å². The molecule has 0 aliphatic rings. The molecule has 0 atom stereocenters. The summed E-state index contributed by atoms with van der Waals surface area (Å²) in [5.74, 6) is -0.163. The maximum Gasteiger partial charge on any atom is 0.241 e. The second-order valence-electron chi connectivity index (χ2n) is 7.79. The molecule has 0 aliphatic carbocycles. The molecule has 0 spiro atoms. The van der Waals surface area contributed by atoms with Crippen molar-refractivity contribution in [3.05, 3.63) is 60.3 Å². The molecule has 0 saturated heterocycles. The summed E-state index contributed by atoms with van der Waals surface area (Å²) in [4.78, 5) is 15.7. The van der Waals surface area contributed by atoms with Crippen molar-refractivity contribution >= 4 is 32.5 Å². The number of carbonyl (C=O) groups is 1. The number of sulfonamides is 1. The summed E-state index contributed by atoms with van der Waals surface area (Å²) in [7, 11) is -3.65. The van der Waals surface area contributed by atoms with E-state index in [2.05, 4.69) is 15.0 Å². The van der Waals surface area contributed by atoms with Gasteiger partial charge in [-0.15, -0.1) is 0 Å². The zero-order valence-corrected chi connectivity index (χ0v) is 17.1. The van der Waals surface area contributed by atoms with Crippen LogP contribution in [0.5, 0.6) is 0 Å². The fourth-order valence-corrected chi connectivity index (χ4v) is 4.48. The van der Waals surface area contributed by atoms with Crippen LogP contribution in [-0.2, 0) is 21.2 Å². The topological polar surface area (TPSA) is 91.1 Å². The van der Waals surface area contributed by atoms with Crippen LogP contribution in [0.4, 0.5) is 5.69 Å². The van der Waals surface area contributed by atoms with Crippen LogP contribution in [-0.4, -0.2) is 24.8 Å². The van der Waals surface area contributed by atoms with E-state index in [9.17, 15) is 13.2 Å². The summed E-state index contributed by atoms with van der Waals surface area (Å²) in [6, 6.07) is 14.2. The zero-order chi connectivity index (χ0) is 20.4. The molecular formula is C21H25N3O3S. The van der Waals surface area contributed by atoms with E-state index >= 15 is 0 Å². The van der Waals surface area contributed by atoms with Crippen LogP contribution in [0.15, 0.2) is 59.6 Å². The fourth-order valence-electron chi connectivity index (χ4n) is 3.01. The number of aromatic amines is 1. The molecule has 0 fully saturated rings. The number of H-pyrrole nitrogens is 1. The van der Waals surface area contributed by atoms with Gasteiger partial charge in [-0.05, 0) is 57.0 Å². The van der Waals surface area contributed by atoms with Gasteiger partial charge in [0.1, 0.15) is 0 Å². The maximum absolute atomic E-state index is 12.5. The number of para-hydroxylation sites is 1. The van der Waals surface area contributed by atoms with E-state index < -0.39 is 15.6 Å². The van der Waals surface area contributed by atoms with Gasteiger partial charge in [-0.2, -0.15) is 0 Å². The van der Waals surface area contributed by atoms with Gasteiger partial charge in [-0.1, -0.05) is 24.3 Å². The van der Waals surface area contributed by atoms with Crippen molar-refractivity contribution in [1.29, 1.82) is 0 Å². The van der Waals surface area contributed by atoms with Gasteiger partial charge in [0.15, 0.2) is 0 Å². The van der Waals surface area contributed by atoms with Gasteiger partial charge >= 0.3 is 0 Å². The molecule has 6 nitrogen and oxygen atoms in total. The third-order valence-corrected chi connectivity index (χ3v) is 5.92. The highest BCUT2D eigenvalue weighted by Gasteiger charge is 2.22. The number of nitrogens with one attached hydrogen (secondary N) is 3. The lowest BCUT2D eigenvalue weighted by Gasteiger charge is -2.20. The zero-order valence-electron chi connectivity index (χ0n) is 16.2. The van der Waals surface area contributed by atoms with E-state index in [-0.39, 0.29) is 10.8 Å². The number of anilines is 1. The van der Waals surface area contributed by atoms with E-state index in [0.29, 0.717) is 18.5 Å². The Morgan fingerprint density at radius 2 is 1.82 bits per heavy atom. The highest BCUT2D eigenvalue weighted by Crippen LogP contribution is 2.20. The van der Waals surface area contributed by atoms with E-state index in [1.54, 1.807) is 32.9 Å². The molecule has 1 aromatic heterocycles. The van der Waals surface area contributed by atoms with Crippen LogP contribution in [0.1, 0.15) is 32.8 Å². The Balaban J connectivity index is 1.66. The average molecular weight is 400 g/mol. The van der Waals surface area contributed by atoms with Crippen molar-refractivity contribution in [2.24, 2.45) is 0 Å². The lowest BCUT2D eigenvalue weighted by molar-refractivity contribution is -0.116. The number of carbonyl (C=O) groups excluding carboxylic acids is 1. The van der Waals surface area contributed by atoms with Crippen molar-refractivity contribution in [2.45, 2.75) is 44.0 Å². The number of rotatable bonds is 6. The summed E-state index contributed by atoms with van der Waals surface area (Å²) in [6.07, 6.45) is 2.82. The first-order chi connectivity index (χ1) is 13.1. The first-order valence-electron chi connectivity index (χ1n) is 9.13. The van der Waals surface area contributed by atoms with Crippen LogP contribution < -0.4 is 10.0 Å². The predicted molar refractivity (Wildman–Crippen MR) is 112 cm³/mol. The normalized spacial score (nSPS) is 12.2. The maximum atomic E-state index is 12.5. The summed E-state index contributed by atoms with van der Waals surface area (Å²) >= 11 is 0. The van der Waals surface area contributed by atoms with Crippen molar-refractivity contribution in [3.63, 3.8) is 0 Å². The Hall–Kier alpha value is -2.64.